The average molecular weight is 747 g/mol. The van der Waals surface area contributed by atoms with Crippen molar-refractivity contribution in [3.8, 4) is 28.5 Å². The number of carbonyl (C=O) groups is 1. The number of pyridine rings is 1. The van der Waals surface area contributed by atoms with E-state index in [1.807, 2.05) is 0 Å². The number of carboxylic acid groups (broad SMARTS) is 1. The minimum atomic E-state index is -5.08. The molecule has 17 heteroatoms. The summed E-state index contributed by atoms with van der Waals surface area (Å²) in [5.41, 5.74) is -2.92. The number of aromatic nitrogens is 3. The molecule has 2 aromatic heterocycles. The summed E-state index contributed by atoms with van der Waals surface area (Å²) >= 11 is 0. The van der Waals surface area contributed by atoms with Crippen LogP contribution in [0.3, 0.4) is 0 Å². The molecule has 4 rings (SSSR count). The van der Waals surface area contributed by atoms with Gasteiger partial charge in [-0.3, -0.25) is 0 Å². The van der Waals surface area contributed by atoms with E-state index in [4.69, 9.17) is 14.2 Å². The Hall–Kier alpha value is -4.15. The Morgan fingerprint density at radius 3 is 1.98 bits per heavy atom. The second-order valence-corrected chi connectivity index (χ2v) is 12.5. The van der Waals surface area contributed by atoms with Crippen molar-refractivity contribution >= 4 is 11.9 Å². The number of halogens is 7. The maximum Gasteiger partial charge on any atom is 1.00 e. The van der Waals surface area contributed by atoms with Gasteiger partial charge >= 0.3 is 41.9 Å². The molecule has 0 fully saturated rings. The number of ether oxygens (including phenoxy) is 3. The molecule has 0 aliphatic heterocycles. The standard InChI is InChI=1S/C35H35F7N4O5.Na/c1-33(2,3)31-27(36)15-28(50-5)30(45-31)26-9-8-24(49-4)13-21(26)19-46(32-43-16-25(17-44-32)51-10-6-7-29(47)48)18-20-11-22(34(37,38)39)14-23(12-20)35(40,41)42;/h8-9,11-17H,6-7,10,18-19H2,1-5H3,(H,47,48);/q;+1/p-1. The number of benzene rings is 2. The first-order valence-electron chi connectivity index (χ1n) is 15.4. The van der Waals surface area contributed by atoms with Gasteiger partial charge in [0.25, 0.3) is 0 Å². The first-order valence-corrected chi connectivity index (χ1v) is 15.4. The fourth-order valence-corrected chi connectivity index (χ4v) is 5.09. The molecule has 274 valence electrons. The number of alkyl halides is 6. The van der Waals surface area contributed by atoms with Crippen LogP contribution >= 0.6 is 0 Å². The Bertz CT molecular complexity index is 1820. The van der Waals surface area contributed by atoms with Crippen LogP contribution in [0.1, 0.15) is 61.6 Å². The fourth-order valence-electron chi connectivity index (χ4n) is 5.09. The summed E-state index contributed by atoms with van der Waals surface area (Å²) in [6.45, 7) is 4.54. The average Bonchev–Trinajstić information content (AvgIpc) is 3.05. The molecule has 0 aliphatic carbocycles. The van der Waals surface area contributed by atoms with Crippen molar-refractivity contribution in [2.75, 3.05) is 25.7 Å². The molecule has 9 nitrogen and oxygen atoms in total. The van der Waals surface area contributed by atoms with Crippen LogP contribution in [0, 0.1) is 5.82 Å². The summed E-state index contributed by atoms with van der Waals surface area (Å²) in [5, 5.41) is 10.7. The number of nitrogens with zero attached hydrogens (tertiary/aromatic N) is 4. The van der Waals surface area contributed by atoms with Crippen LogP contribution in [0.15, 0.2) is 54.9 Å². The monoisotopic (exact) mass is 746 g/mol. The summed E-state index contributed by atoms with van der Waals surface area (Å²) in [7, 11) is 2.73. The zero-order valence-electron chi connectivity index (χ0n) is 29.2. The Morgan fingerprint density at radius 1 is 0.846 bits per heavy atom. The van der Waals surface area contributed by atoms with Gasteiger partial charge in [0.2, 0.25) is 5.95 Å². The third-order valence-corrected chi connectivity index (χ3v) is 7.51. The Morgan fingerprint density at radius 2 is 1.46 bits per heavy atom. The summed E-state index contributed by atoms with van der Waals surface area (Å²) in [6.07, 6.45) is -7.82. The predicted octanol–water partition coefficient (Wildman–Crippen LogP) is 4.15. The van der Waals surface area contributed by atoms with Crippen molar-refractivity contribution in [2.24, 2.45) is 0 Å². The maximum absolute atomic E-state index is 15.1. The number of hydrogen-bond donors (Lipinski definition) is 0. The van der Waals surface area contributed by atoms with Crippen LogP contribution < -0.4 is 53.8 Å². The van der Waals surface area contributed by atoms with E-state index in [0.717, 1.165) is 0 Å². The molecule has 0 bridgehead atoms. The molecule has 4 aromatic rings. The Balaban J connectivity index is 0.00000729. The Kier molecular flexibility index (Phi) is 13.9. The number of hydrogen-bond acceptors (Lipinski definition) is 9. The molecule has 0 aliphatic rings. The van der Waals surface area contributed by atoms with Crippen molar-refractivity contribution in [2.45, 2.75) is 64.5 Å². The number of anilines is 1. The molecule has 0 amide bonds. The number of carbonyl (C=O) groups excluding carboxylic acids is 1. The summed E-state index contributed by atoms with van der Waals surface area (Å²) in [6, 6.07) is 7.27. The van der Waals surface area contributed by atoms with E-state index >= 15 is 4.39 Å². The number of methoxy groups -OCH3 is 2. The smallest absolute Gasteiger partial charge is 0.550 e. The minimum absolute atomic E-state index is 0. The van der Waals surface area contributed by atoms with Crippen LogP contribution in [-0.4, -0.2) is 41.7 Å². The number of rotatable bonds is 13. The number of aliphatic carboxylic acids is 1. The second kappa shape index (κ2) is 17.1. The predicted molar refractivity (Wildman–Crippen MR) is 170 cm³/mol. The molecule has 52 heavy (non-hydrogen) atoms. The van der Waals surface area contributed by atoms with E-state index in [2.05, 4.69) is 15.0 Å². The molecular formula is C35H34F7N4NaO5. The quantitative estimate of drug-likeness (QED) is 0.113. The van der Waals surface area contributed by atoms with Crippen LogP contribution in [0.5, 0.6) is 17.2 Å². The molecular weight excluding hydrogens is 712 g/mol. The molecule has 0 spiro atoms. The molecule has 0 atom stereocenters. The van der Waals surface area contributed by atoms with E-state index in [9.17, 15) is 36.2 Å². The van der Waals surface area contributed by atoms with Gasteiger partial charge in [0.15, 0.2) is 5.75 Å². The van der Waals surface area contributed by atoms with Crippen LogP contribution in [0.4, 0.5) is 36.7 Å². The van der Waals surface area contributed by atoms with Gasteiger partial charge in [0.1, 0.15) is 23.0 Å². The first kappa shape index (κ1) is 42.3. The SMILES string of the molecule is COc1ccc(-c2nc(C(C)(C)C)c(F)cc2OC)c(CN(Cc2cc(C(F)(F)F)cc(C(F)(F)F)c2)c2ncc(OCCCC(=O)[O-])cn2)c1.[Na+]. The van der Waals surface area contributed by atoms with Gasteiger partial charge in [-0.15, -0.1) is 0 Å². The Labute approximate surface area is 317 Å². The minimum Gasteiger partial charge on any atom is -0.550 e. The van der Waals surface area contributed by atoms with E-state index in [1.165, 1.54) is 37.6 Å². The van der Waals surface area contributed by atoms with Crippen molar-refractivity contribution < 1.29 is 84.4 Å². The van der Waals surface area contributed by atoms with Crippen molar-refractivity contribution in [1.29, 1.82) is 0 Å². The van der Waals surface area contributed by atoms with Crippen LogP contribution in [-0.2, 0) is 35.7 Å². The topological polar surface area (TPSA) is 110 Å². The third kappa shape index (κ3) is 10.9. The third-order valence-electron chi connectivity index (χ3n) is 7.51. The summed E-state index contributed by atoms with van der Waals surface area (Å²) in [5.74, 6) is -1.42. The second-order valence-electron chi connectivity index (χ2n) is 12.5. The van der Waals surface area contributed by atoms with Gasteiger partial charge in [-0.05, 0) is 60.4 Å². The van der Waals surface area contributed by atoms with Gasteiger partial charge < -0.3 is 29.0 Å². The van der Waals surface area contributed by atoms with Crippen molar-refractivity contribution in [3.63, 3.8) is 0 Å². The van der Waals surface area contributed by atoms with E-state index < -0.39 is 47.2 Å². The van der Waals surface area contributed by atoms with Crippen molar-refractivity contribution in [1.82, 2.24) is 15.0 Å². The van der Waals surface area contributed by atoms with Crippen LogP contribution in [0.25, 0.3) is 11.3 Å². The van der Waals surface area contributed by atoms with Crippen molar-refractivity contribution in [3.05, 3.63) is 88.6 Å². The van der Waals surface area contributed by atoms with E-state index in [1.54, 1.807) is 39.0 Å². The van der Waals surface area contributed by atoms with Gasteiger partial charge in [0, 0.05) is 36.1 Å². The normalized spacial score (nSPS) is 11.8. The molecule has 0 saturated carbocycles. The molecule has 2 aromatic carbocycles. The summed E-state index contributed by atoms with van der Waals surface area (Å²) in [4.78, 5) is 25.2. The molecule has 0 radical (unpaired) electrons. The molecule has 0 N–H and O–H groups in total. The number of carboxylic acids is 1. The van der Waals surface area contributed by atoms with E-state index in [0.29, 0.717) is 29.0 Å². The molecule has 0 unspecified atom stereocenters. The molecule has 2 heterocycles. The van der Waals surface area contributed by atoms with E-state index in [-0.39, 0.29) is 96.0 Å². The zero-order valence-corrected chi connectivity index (χ0v) is 31.2. The molecule has 0 saturated heterocycles. The van der Waals surface area contributed by atoms with Gasteiger partial charge in [0.05, 0.1) is 50.0 Å². The van der Waals surface area contributed by atoms with Crippen LogP contribution in [0.2, 0.25) is 0 Å². The van der Waals surface area contributed by atoms with Gasteiger partial charge in [-0.25, -0.2) is 19.3 Å². The van der Waals surface area contributed by atoms with Gasteiger partial charge in [-0.1, -0.05) is 20.8 Å². The van der Waals surface area contributed by atoms with Gasteiger partial charge in [-0.2, -0.15) is 26.3 Å². The largest absolute Gasteiger partial charge is 1.00 e. The maximum atomic E-state index is 15.1. The fraction of sp³-hybridized carbons (Fsp3) is 0.371. The zero-order chi connectivity index (χ0) is 37.7. The summed E-state index contributed by atoms with van der Waals surface area (Å²) < 4.78 is 114. The first-order chi connectivity index (χ1) is 23.8.